The van der Waals surface area contributed by atoms with Crippen LogP contribution < -0.4 is 0 Å². The number of rotatable bonds is 15. The number of ether oxygens (including phenoxy) is 4. The van der Waals surface area contributed by atoms with Crippen molar-refractivity contribution in [3.8, 4) is 0 Å². The van der Waals surface area contributed by atoms with Crippen LogP contribution in [0.2, 0.25) is 0 Å². The van der Waals surface area contributed by atoms with E-state index in [1.165, 1.54) is 0 Å². The summed E-state index contributed by atoms with van der Waals surface area (Å²) in [5.74, 6) is 0. The molecule has 0 aromatic carbocycles. The monoisotopic (exact) mass is 370 g/mol. The van der Waals surface area contributed by atoms with Gasteiger partial charge in [-0.15, -0.1) is 0 Å². The van der Waals surface area contributed by atoms with Crippen LogP contribution in [0, 0.1) is 5.41 Å². The summed E-state index contributed by atoms with van der Waals surface area (Å²) in [7, 11) is -3.51. The quantitative estimate of drug-likeness (QED) is 0.321. The molecule has 146 valence electrons. The first-order chi connectivity index (χ1) is 11.2. The molecule has 0 fully saturated rings. The molecule has 0 bridgehead atoms. The molecule has 0 spiro atoms. The first kappa shape index (κ1) is 23.8. The SMILES string of the molecule is CCCOCCOCCOCCOCC(OS(C)(=O)=O)C(C)(C)C. The lowest BCUT2D eigenvalue weighted by atomic mass is 9.90. The van der Waals surface area contributed by atoms with E-state index >= 15 is 0 Å². The lowest BCUT2D eigenvalue weighted by molar-refractivity contribution is -0.0307. The van der Waals surface area contributed by atoms with E-state index in [9.17, 15) is 8.42 Å². The average molecular weight is 371 g/mol. The molecule has 0 aliphatic carbocycles. The van der Waals surface area contributed by atoms with Crippen LogP contribution in [0.15, 0.2) is 0 Å². The summed E-state index contributed by atoms with van der Waals surface area (Å²) in [5, 5.41) is 0. The molecule has 1 atom stereocenters. The normalized spacial score (nSPS) is 14.0. The molecule has 0 aromatic heterocycles. The summed E-state index contributed by atoms with van der Waals surface area (Å²) in [6.07, 6.45) is 1.52. The van der Waals surface area contributed by atoms with Crippen LogP contribution in [0.4, 0.5) is 0 Å². The zero-order valence-corrected chi connectivity index (χ0v) is 16.5. The Labute approximate surface area is 147 Å². The second kappa shape index (κ2) is 13.0. The number of hydrogen-bond donors (Lipinski definition) is 0. The lowest BCUT2D eigenvalue weighted by Crippen LogP contribution is -2.36. The van der Waals surface area contributed by atoms with Crippen LogP contribution in [0.25, 0.3) is 0 Å². The molecule has 1 unspecified atom stereocenters. The first-order valence-electron chi connectivity index (χ1n) is 8.36. The molecule has 0 aromatic rings. The Bertz CT molecular complexity index is 390. The third-order valence-electron chi connectivity index (χ3n) is 2.99. The van der Waals surface area contributed by atoms with Gasteiger partial charge in [0, 0.05) is 6.61 Å². The smallest absolute Gasteiger partial charge is 0.264 e. The van der Waals surface area contributed by atoms with Gasteiger partial charge in [0.05, 0.1) is 52.5 Å². The summed E-state index contributed by atoms with van der Waals surface area (Å²) in [6, 6.07) is 0. The third-order valence-corrected chi connectivity index (χ3v) is 3.57. The topological polar surface area (TPSA) is 80.3 Å². The summed E-state index contributed by atoms with van der Waals surface area (Å²) >= 11 is 0. The Hall–Kier alpha value is -0.250. The Morgan fingerprint density at radius 2 is 1.21 bits per heavy atom. The summed E-state index contributed by atoms with van der Waals surface area (Å²) < 4.78 is 49.1. The minimum atomic E-state index is -3.51. The minimum Gasteiger partial charge on any atom is -0.379 e. The highest BCUT2D eigenvalue weighted by Crippen LogP contribution is 2.23. The van der Waals surface area contributed by atoms with Crippen LogP contribution in [-0.4, -0.2) is 73.6 Å². The van der Waals surface area contributed by atoms with E-state index < -0.39 is 16.2 Å². The predicted molar refractivity (Wildman–Crippen MR) is 92.7 cm³/mol. The number of hydrogen-bond acceptors (Lipinski definition) is 7. The maximum absolute atomic E-state index is 11.3. The second-order valence-corrected chi connectivity index (χ2v) is 8.17. The average Bonchev–Trinajstić information content (AvgIpc) is 2.45. The van der Waals surface area contributed by atoms with Gasteiger partial charge in [-0.05, 0) is 11.8 Å². The van der Waals surface area contributed by atoms with Gasteiger partial charge in [-0.1, -0.05) is 27.7 Å². The van der Waals surface area contributed by atoms with Crippen molar-refractivity contribution in [3.05, 3.63) is 0 Å². The fourth-order valence-electron chi connectivity index (χ4n) is 1.63. The molecule has 0 saturated heterocycles. The Morgan fingerprint density at radius 3 is 1.58 bits per heavy atom. The largest absolute Gasteiger partial charge is 0.379 e. The van der Waals surface area contributed by atoms with Crippen molar-refractivity contribution in [3.63, 3.8) is 0 Å². The van der Waals surface area contributed by atoms with Gasteiger partial charge < -0.3 is 18.9 Å². The molecular weight excluding hydrogens is 336 g/mol. The van der Waals surface area contributed by atoms with Crippen molar-refractivity contribution in [1.82, 2.24) is 0 Å². The van der Waals surface area contributed by atoms with Gasteiger partial charge >= 0.3 is 0 Å². The summed E-state index contributed by atoms with van der Waals surface area (Å²) in [4.78, 5) is 0. The standard InChI is InChI=1S/C16H34O7S/c1-6-7-19-8-9-20-10-11-21-12-13-22-14-15(16(2,3)4)23-24(5,17)18/h15H,6-14H2,1-5H3. The zero-order chi connectivity index (χ0) is 18.5. The molecular formula is C16H34O7S. The summed E-state index contributed by atoms with van der Waals surface area (Å²) in [5.41, 5.74) is -0.336. The molecule has 7 nitrogen and oxygen atoms in total. The summed E-state index contributed by atoms with van der Waals surface area (Å²) in [6.45, 7) is 11.7. The third kappa shape index (κ3) is 15.3. The van der Waals surface area contributed by atoms with Gasteiger partial charge in [-0.2, -0.15) is 8.42 Å². The van der Waals surface area contributed by atoms with Crippen LogP contribution in [-0.2, 0) is 33.2 Å². The van der Waals surface area contributed by atoms with Gasteiger partial charge in [0.25, 0.3) is 10.1 Å². The maximum atomic E-state index is 11.3. The van der Waals surface area contributed by atoms with E-state index in [2.05, 4.69) is 6.92 Å². The van der Waals surface area contributed by atoms with E-state index in [1.54, 1.807) is 0 Å². The minimum absolute atomic E-state index is 0.200. The van der Waals surface area contributed by atoms with Crippen LogP contribution in [0.3, 0.4) is 0 Å². The molecule has 24 heavy (non-hydrogen) atoms. The highest BCUT2D eigenvalue weighted by atomic mass is 32.2. The van der Waals surface area contributed by atoms with Crippen molar-refractivity contribution < 1.29 is 31.5 Å². The fourth-order valence-corrected chi connectivity index (χ4v) is 2.39. The molecule has 0 saturated carbocycles. The molecule has 0 aliphatic rings. The molecule has 0 aliphatic heterocycles. The van der Waals surface area contributed by atoms with Crippen LogP contribution in [0.5, 0.6) is 0 Å². The highest BCUT2D eigenvalue weighted by molar-refractivity contribution is 7.86. The fraction of sp³-hybridized carbons (Fsp3) is 1.00. The van der Waals surface area contributed by atoms with E-state index in [0.29, 0.717) is 39.6 Å². The van der Waals surface area contributed by atoms with Gasteiger partial charge in [-0.25, -0.2) is 0 Å². The lowest BCUT2D eigenvalue weighted by Gasteiger charge is -2.29. The predicted octanol–water partition coefficient (Wildman–Crippen LogP) is 1.85. The Balaban J connectivity index is 3.62. The molecule has 0 radical (unpaired) electrons. The van der Waals surface area contributed by atoms with Crippen LogP contribution >= 0.6 is 0 Å². The van der Waals surface area contributed by atoms with Crippen molar-refractivity contribution >= 4 is 10.1 Å². The molecule has 0 rings (SSSR count). The van der Waals surface area contributed by atoms with E-state index in [-0.39, 0.29) is 12.0 Å². The van der Waals surface area contributed by atoms with E-state index in [4.69, 9.17) is 23.1 Å². The van der Waals surface area contributed by atoms with E-state index in [1.807, 2.05) is 20.8 Å². The van der Waals surface area contributed by atoms with E-state index in [0.717, 1.165) is 19.3 Å². The molecule has 0 heterocycles. The molecule has 0 N–H and O–H groups in total. The first-order valence-corrected chi connectivity index (χ1v) is 10.2. The van der Waals surface area contributed by atoms with Crippen molar-refractivity contribution in [2.75, 3.05) is 59.1 Å². The van der Waals surface area contributed by atoms with Gasteiger partial charge in [0.2, 0.25) is 0 Å². The molecule has 8 heteroatoms. The Morgan fingerprint density at radius 1 is 0.792 bits per heavy atom. The van der Waals surface area contributed by atoms with Crippen molar-refractivity contribution in [1.29, 1.82) is 0 Å². The van der Waals surface area contributed by atoms with Gasteiger partial charge in [-0.3, -0.25) is 4.18 Å². The highest BCUT2D eigenvalue weighted by Gasteiger charge is 2.29. The Kier molecular flexibility index (Phi) is 12.9. The van der Waals surface area contributed by atoms with Gasteiger partial charge in [0.15, 0.2) is 0 Å². The van der Waals surface area contributed by atoms with Gasteiger partial charge in [0.1, 0.15) is 6.10 Å². The maximum Gasteiger partial charge on any atom is 0.264 e. The zero-order valence-electron chi connectivity index (χ0n) is 15.7. The molecule has 0 amide bonds. The van der Waals surface area contributed by atoms with Crippen molar-refractivity contribution in [2.24, 2.45) is 5.41 Å². The second-order valence-electron chi connectivity index (χ2n) is 6.57. The van der Waals surface area contributed by atoms with Crippen LogP contribution in [0.1, 0.15) is 34.1 Å². The van der Waals surface area contributed by atoms with Crippen molar-refractivity contribution in [2.45, 2.75) is 40.2 Å².